The second-order valence-electron chi connectivity index (χ2n) is 5.45. The topological polar surface area (TPSA) is 59.2 Å². The number of nitrogens with zero attached hydrogens (tertiary/aromatic N) is 2. The van der Waals surface area contributed by atoms with Crippen molar-refractivity contribution in [3.05, 3.63) is 10.6 Å². The normalized spacial score (nSPS) is 16.1. The van der Waals surface area contributed by atoms with Crippen LogP contribution in [0.25, 0.3) is 0 Å². The molecule has 0 aromatic carbocycles. The van der Waals surface area contributed by atoms with E-state index in [1.807, 2.05) is 18.7 Å². The summed E-state index contributed by atoms with van der Waals surface area (Å²) in [7, 11) is 0. The molecule has 1 aliphatic rings. The van der Waals surface area contributed by atoms with E-state index in [0.29, 0.717) is 11.2 Å². The lowest BCUT2D eigenvalue weighted by atomic mass is 9.94. The molecule has 6 heteroatoms. The van der Waals surface area contributed by atoms with Crippen LogP contribution < -0.4 is 5.73 Å². The van der Waals surface area contributed by atoms with Crippen molar-refractivity contribution in [3.8, 4) is 0 Å². The Balaban J connectivity index is 2.12. The van der Waals surface area contributed by atoms with Crippen molar-refractivity contribution >= 4 is 34.1 Å². The Morgan fingerprint density at radius 2 is 2.14 bits per heavy atom. The highest BCUT2D eigenvalue weighted by Gasteiger charge is 2.28. The van der Waals surface area contributed by atoms with Gasteiger partial charge >= 0.3 is 0 Å². The standard InChI is InChI=1S/C15H25N3OS2/c1-3-20-10-9-18(12-7-5-4-6-8-12)14(19)13-11(2)17-15(16)21-13/h12H,3-10H2,1-2H3,(H2,16,17). The third-order valence-corrected chi connectivity index (χ3v) is 5.82. The summed E-state index contributed by atoms with van der Waals surface area (Å²) in [5.41, 5.74) is 6.52. The van der Waals surface area contributed by atoms with Gasteiger partial charge in [-0.3, -0.25) is 4.79 Å². The lowest BCUT2D eigenvalue weighted by molar-refractivity contribution is 0.0654. The number of thiazole rings is 1. The molecular formula is C15H25N3OS2. The highest BCUT2D eigenvalue weighted by molar-refractivity contribution is 7.99. The van der Waals surface area contributed by atoms with Crippen LogP contribution >= 0.6 is 23.1 Å². The van der Waals surface area contributed by atoms with E-state index in [-0.39, 0.29) is 5.91 Å². The molecule has 4 nitrogen and oxygen atoms in total. The van der Waals surface area contributed by atoms with Gasteiger partial charge in [0.15, 0.2) is 5.13 Å². The third-order valence-electron chi connectivity index (χ3n) is 3.96. The number of hydrogen-bond acceptors (Lipinski definition) is 5. The van der Waals surface area contributed by atoms with Gasteiger partial charge in [-0.1, -0.05) is 37.5 Å². The fourth-order valence-corrected chi connectivity index (χ4v) is 4.30. The fourth-order valence-electron chi connectivity index (χ4n) is 2.90. The second-order valence-corrected chi connectivity index (χ2v) is 7.88. The van der Waals surface area contributed by atoms with Gasteiger partial charge in [-0.25, -0.2) is 4.98 Å². The van der Waals surface area contributed by atoms with Crippen LogP contribution in [-0.2, 0) is 0 Å². The zero-order chi connectivity index (χ0) is 15.2. The van der Waals surface area contributed by atoms with Gasteiger partial charge in [-0.05, 0) is 25.5 Å². The first-order valence-electron chi connectivity index (χ1n) is 7.75. The number of carbonyl (C=O) groups is 1. The Hall–Kier alpha value is -0.750. The van der Waals surface area contributed by atoms with Crippen LogP contribution in [0.2, 0.25) is 0 Å². The number of nitrogen functional groups attached to an aromatic ring is 1. The summed E-state index contributed by atoms with van der Waals surface area (Å²) in [6, 6.07) is 0.395. The largest absolute Gasteiger partial charge is 0.375 e. The van der Waals surface area contributed by atoms with E-state index in [2.05, 4.69) is 16.8 Å². The number of rotatable bonds is 6. The van der Waals surface area contributed by atoms with Crippen LogP contribution in [0, 0.1) is 6.92 Å². The Bertz CT molecular complexity index is 469. The molecule has 1 amide bonds. The molecule has 1 aromatic heterocycles. The van der Waals surface area contributed by atoms with E-state index in [9.17, 15) is 4.79 Å². The van der Waals surface area contributed by atoms with Gasteiger partial charge in [-0.15, -0.1) is 0 Å². The Morgan fingerprint density at radius 1 is 1.43 bits per heavy atom. The van der Waals surface area contributed by atoms with Crippen LogP contribution in [0.3, 0.4) is 0 Å². The van der Waals surface area contributed by atoms with Crippen molar-refractivity contribution < 1.29 is 4.79 Å². The lowest BCUT2D eigenvalue weighted by Gasteiger charge is -2.34. The van der Waals surface area contributed by atoms with Crippen LogP contribution in [0.15, 0.2) is 0 Å². The molecule has 1 saturated carbocycles. The Kier molecular flexibility index (Phi) is 6.36. The first-order chi connectivity index (χ1) is 10.1. The van der Waals surface area contributed by atoms with Gasteiger partial charge in [0.25, 0.3) is 5.91 Å². The van der Waals surface area contributed by atoms with E-state index in [1.54, 1.807) is 0 Å². The molecule has 0 saturated heterocycles. The maximum atomic E-state index is 12.9. The third kappa shape index (κ3) is 4.36. The molecule has 118 valence electrons. The zero-order valence-electron chi connectivity index (χ0n) is 12.9. The maximum absolute atomic E-state index is 12.9. The SMILES string of the molecule is CCSCCN(C(=O)c1sc(N)nc1C)C1CCCCC1. The molecule has 1 aliphatic carbocycles. The van der Waals surface area contributed by atoms with E-state index >= 15 is 0 Å². The highest BCUT2D eigenvalue weighted by atomic mass is 32.2. The highest BCUT2D eigenvalue weighted by Crippen LogP contribution is 2.27. The predicted octanol–water partition coefficient (Wildman–Crippen LogP) is 3.56. The minimum absolute atomic E-state index is 0.130. The van der Waals surface area contributed by atoms with Crippen molar-refractivity contribution in [1.29, 1.82) is 0 Å². The molecule has 2 rings (SSSR count). The molecule has 21 heavy (non-hydrogen) atoms. The number of aryl methyl sites for hydroxylation is 1. The van der Waals surface area contributed by atoms with Gasteiger partial charge in [0.05, 0.1) is 5.69 Å². The number of nitrogens with two attached hydrogens (primary N) is 1. The molecule has 0 spiro atoms. The minimum Gasteiger partial charge on any atom is -0.375 e. The van der Waals surface area contributed by atoms with E-state index in [0.717, 1.165) is 41.5 Å². The summed E-state index contributed by atoms with van der Waals surface area (Å²) >= 11 is 3.21. The van der Waals surface area contributed by atoms with Crippen molar-refractivity contribution in [1.82, 2.24) is 9.88 Å². The summed E-state index contributed by atoms with van der Waals surface area (Å²) in [5, 5.41) is 0.488. The molecule has 0 aliphatic heterocycles. The van der Waals surface area contributed by atoms with E-state index in [4.69, 9.17) is 5.73 Å². The average molecular weight is 328 g/mol. The van der Waals surface area contributed by atoms with Gasteiger partial charge in [-0.2, -0.15) is 11.8 Å². The number of hydrogen-bond donors (Lipinski definition) is 1. The summed E-state index contributed by atoms with van der Waals surface area (Å²) in [6.07, 6.45) is 6.04. The smallest absolute Gasteiger partial charge is 0.266 e. The Labute approximate surface area is 135 Å². The second kappa shape index (κ2) is 8.03. The number of anilines is 1. The quantitative estimate of drug-likeness (QED) is 0.812. The van der Waals surface area contributed by atoms with Crippen molar-refractivity contribution in [2.45, 2.75) is 52.0 Å². The van der Waals surface area contributed by atoms with Crippen LogP contribution in [-0.4, -0.2) is 39.9 Å². The molecule has 0 atom stereocenters. The van der Waals surface area contributed by atoms with Crippen molar-refractivity contribution in [3.63, 3.8) is 0 Å². The van der Waals surface area contributed by atoms with Gasteiger partial charge in [0.1, 0.15) is 4.88 Å². The maximum Gasteiger partial charge on any atom is 0.266 e. The summed E-state index contributed by atoms with van der Waals surface area (Å²) < 4.78 is 0. The summed E-state index contributed by atoms with van der Waals surface area (Å²) in [4.78, 5) is 19.9. The Morgan fingerprint density at radius 3 is 2.71 bits per heavy atom. The van der Waals surface area contributed by atoms with Gasteiger partial charge in [0, 0.05) is 18.3 Å². The van der Waals surface area contributed by atoms with Crippen LogP contribution in [0.5, 0.6) is 0 Å². The lowest BCUT2D eigenvalue weighted by Crippen LogP contribution is -2.42. The van der Waals surface area contributed by atoms with Crippen LogP contribution in [0.1, 0.15) is 54.4 Å². The molecular weight excluding hydrogens is 302 g/mol. The molecule has 0 bridgehead atoms. The van der Waals surface area contributed by atoms with Crippen molar-refractivity contribution in [2.75, 3.05) is 23.8 Å². The van der Waals surface area contributed by atoms with E-state index in [1.165, 1.54) is 30.6 Å². The molecule has 0 radical (unpaired) electrons. The number of thioether (sulfide) groups is 1. The van der Waals surface area contributed by atoms with Crippen LogP contribution in [0.4, 0.5) is 5.13 Å². The summed E-state index contributed by atoms with van der Waals surface area (Å²) in [5.74, 6) is 2.23. The number of carbonyl (C=O) groups excluding carboxylic acids is 1. The number of aromatic nitrogens is 1. The molecule has 1 aromatic rings. The monoisotopic (exact) mass is 327 g/mol. The molecule has 2 N–H and O–H groups in total. The molecule has 1 fully saturated rings. The predicted molar refractivity (Wildman–Crippen MR) is 92.2 cm³/mol. The fraction of sp³-hybridized carbons (Fsp3) is 0.733. The number of amides is 1. The summed E-state index contributed by atoms with van der Waals surface area (Å²) in [6.45, 7) is 4.87. The zero-order valence-corrected chi connectivity index (χ0v) is 14.6. The first kappa shape index (κ1) is 16.6. The average Bonchev–Trinajstić information content (AvgIpc) is 2.83. The minimum atomic E-state index is 0.130. The van der Waals surface area contributed by atoms with Crippen molar-refractivity contribution in [2.24, 2.45) is 0 Å². The molecule has 1 heterocycles. The molecule has 0 unspecified atom stereocenters. The van der Waals surface area contributed by atoms with Gasteiger partial charge in [0.2, 0.25) is 0 Å². The van der Waals surface area contributed by atoms with Gasteiger partial charge < -0.3 is 10.6 Å². The first-order valence-corrected chi connectivity index (χ1v) is 9.72. The van der Waals surface area contributed by atoms with E-state index < -0.39 is 0 Å².